The molecule has 0 atom stereocenters. The maximum absolute atomic E-state index is 8.71. The van der Waals surface area contributed by atoms with Crippen LogP contribution in [0.4, 0.5) is 0 Å². The number of nitrogens with zero attached hydrogens (tertiary/aromatic N) is 1. The molecule has 0 saturated heterocycles. The number of nitriles is 1. The van der Waals surface area contributed by atoms with E-state index >= 15 is 0 Å². The summed E-state index contributed by atoms with van der Waals surface area (Å²) in [5, 5.41) is 8.71. The highest BCUT2D eigenvalue weighted by Crippen LogP contribution is 2.24. The molecule has 1 rings (SSSR count). The Balaban J connectivity index is 2.70. The van der Waals surface area contributed by atoms with Crippen LogP contribution in [0.15, 0.2) is 24.3 Å². The fourth-order valence-corrected chi connectivity index (χ4v) is 1.41. The highest BCUT2D eigenvalue weighted by atomic mass is 16.5. The molecule has 1 aromatic rings. The van der Waals surface area contributed by atoms with E-state index in [1.54, 1.807) is 19.2 Å². The Morgan fingerprint density at radius 1 is 1.19 bits per heavy atom. The normalized spacial score (nSPS) is 11.1. The fraction of sp³-hybridized carbons (Fsp3) is 0.462. The van der Waals surface area contributed by atoms with Crippen molar-refractivity contribution in [3.8, 4) is 6.07 Å². The summed E-state index contributed by atoms with van der Waals surface area (Å²) in [6.07, 6.45) is 0. The lowest BCUT2D eigenvalue weighted by molar-refractivity contribution is -0.0431. The monoisotopic (exact) mass is 219 g/mol. The van der Waals surface area contributed by atoms with Gasteiger partial charge in [-0.25, -0.2) is 0 Å². The summed E-state index contributed by atoms with van der Waals surface area (Å²) in [5.74, 6) is 0. The summed E-state index contributed by atoms with van der Waals surface area (Å²) in [6, 6.07) is 9.55. The molecule has 86 valence electrons. The van der Waals surface area contributed by atoms with Gasteiger partial charge in [0.15, 0.2) is 0 Å². The largest absolute Gasteiger partial charge is 0.382 e. The van der Waals surface area contributed by atoms with Gasteiger partial charge in [0.1, 0.15) is 0 Å². The van der Waals surface area contributed by atoms with Crippen molar-refractivity contribution in [2.45, 2.75) is 19.4 Å². The van der Waals surface area contributed by atoms with Crippen molar-refractivity contribution >= 4 is 0 Å². The van der Waals surface area contributed by atoms with Gasteiger partial charge in [0, 0.05) is 7.11 Å². The van der Waals surface area contributed by atoms with E-state index in [9.17, 15) is 0 Å². The average Bonchev–Trinajstić information content (AvgIpc) is 2.29. The summed E-state index contributed by atoms with van der Waals surface area (Å²) in [4.78, 5) is 0. The van der Waals surface area contributed by atoms with Crippen molar-refractivity contribution in [2.75, 3.05) is 20.3 Å². The molecule has 0 spiro atoms. The number of hydrogen-bond donors (Lipinski definition) is 0. The molecule has 3 nitrogen and oxygen atoms in total. The van der Waals surface area contributed by atoms with E-state index in [1.807, 2.05) is 26.0 Å². The minimum absolute atomic E-state index is 0.355. The van der Waals surface area contributed by atoms with E-state index in [0.717, 1.165) is 5.56 Å². The van der Waals surface area contributed by atoms with Crippen LogP contribution < -0.4 is 0 Å². The van der Waals surface area contributed by atoms with Gasteiger partial charge in [0.2, 0.25) is 0 Å². The van der Waals surface area contributed by atoms with Crippen LogP contribution in [-0.2, 0) is 15.1 Å². The number of ether oxygens (including phenoxy) is 2. The van der Waals surface area contributed by atoms with E-state index in [0.29, 0.717) is 18.8 Å². The molecule has 0 aliphatic heterocycles. The first-order valence-corrected chi connectivity index (χ1v) is 5.23. The second-order valence-corrected chi connectivity index (χ2v) is 4.04. The third-order valence-corrected chi connectivity index (χ3v) is 2.46. The standard InChI is InChI=1S/C13H17NO2/c1-13(2,16-9-8-15-3)12-6-4-11(10-14)5-7-12/h4-7H,8-9H2,1-3H3. The minimum Gasteiger partial charge on any atom is -0.382 e. The highest BCUT2D eigenvalue weighted by molar-refractivity contribution is 5.33. The van der Waals surface area contributed by atoms with E-state index < -0.39 is 0 Å². The maximum atomic E-state index is 8.71. The van der Waals surface area contributed by atoms with Crippen LogP contribution in [0, 0.1) is 11.3 Å². The Bertz CT molecular complexity index is 363. The van der Waals surface area contributed by atoms with Gasteiger partial charge < -0.3 is 9.47 Å². The molecular weight excluding hydrogens is 202 g/mol. The van der Waals surface area contributed by atoms with Crippen LogP contribution in [0.2, 0.25) is 0 Å². The van der Waals surface area contributed by atoms with Crippen LogP contribution in [0.3, 0.4) is 0 Å². The zero-order valence-electron chi connectivity index (χ0n) is 9.99. The number of rotatable bonds is 5. The van der Waals surface area contributed by atoms with Gasteiger partial charge in [-0.2, -0.15) is 5.26 Å². The maximum Gasteiger partial charge on any atom is 0.0991 e. The Labute approximate surface area is 96.6 Å². The molecule has 3 heteroatoms. The average molecular weight is 219 g/mol. The number of benzene rings is 1. The third-order valence-electron chi connectivity index (χ3n) is 2.46. The van der Waals surface area contributed by atoms with Crippen LogP contribution in [-0.4, -0.2) is 20.3 Å². The molecule has 0 fully saturated rings. The number of hydrogen-bond acceptors (Lipinski definition) is 3. The zero-order valence-corrected chi connectivity index (χ0v) is 9.99. The summed E-state index contributed by atoms with van der Waals surface area (Å²) < 4.78 is 10.7. The van der Waals surface area contributed by atoms with Gasteiger partial charge in [-0.1, -0.05) is 12.1 Å². The molecule has 0 saturated carbocycles. The topological polar surface area (TPSA) is 42.2 Å². The first-order chi connectivity index (χ1) is 7.60. The molecule has 0 bridgehead atoms. The molecule has 0 N–H and O–H groups in total. The molecule has 16 heavy (non-hydrogen) atoms. The predicted octanol–water partition coefficient (Wildman–Crippen LogP) is 2.46. The molecule has 1 aromatic carbocycles. The van der Waals surface area contributed by atoms with Crippen LogP contribution in [0.1, 0.15) is 25.0 Å². The summed E-state index contributed by atoms with van der Waals surface area (Å²) in [7, 11) is 1.65. The highest BCUT2D eigenvalue weighted by Gasteiger charge is 2.20. The molecule has 0 aliphatic rings. The fourth-order valence-electron chi connectivity index (χ4n) is 1.41. The zero-order chi connectivity index (χ0) is 12.0. The van der Waals surface area contributed by atoms with E-state index in [4.69, 9.17) is 14.7 Å². The smallest absolute Gasteiger partial charge is 0.0991 e. The second kappa shape index (κ2) is 5.64. The summed E-state index contributed by atoms with van der Waals surface area (Å²) in [6.45, 7) is 5.15. The van der Waals surface area contributed by atoms with Crippen molar-refractivity contribution in [1.82, 2.24) is 0 Å². The van der Waals surface area contributed by atoms with Crippen molar-refractivity contribution in [3.05, 3.63) is 35.4 Å². The van der Waals surface area contributed by atoms with Crippen LogP contribution in [0.5, 0.6) is 0 Å². The number of methoxy groups -OCH3 is 1. The van der Waals surface area contributed by atoms with E-state index in [1.165, 1.54) is 0 Å². The second-order valence-electron chi connectivity index (χ2n) is 4.04. The van der Waals surface area contributed by atoms with Crippen LogP contribution in [0.25, 0.3) is 0 Å². The third kappa shape index (κ3) is 3.34. The first kappa shape index (κ1) is 12.7. The van der Waals surface area contributed by atoms with Crippen LogP contribution >= 0.6 is 0 Å². The van der Waals surface area contributed by atoms with E-state index in [-0.39, 0.29) is 5.60 Å². The van der Waals surface area contributed by atoms with Gasteiger partial charge in [-0.3, -0.25) is 0 Å². The van der Waals surface area contributed by atoms with Gasteiger partial charge in [-0.05, 0) is 31.5 Å². The van der Waals surface area contributed by atoms with Gasteiger partial charge >= 0.3 is 0 Å². The molecule has 0 heterocycles. The lowest BCUT2D eigenvalue weighted by Crippen LogP contribution is -2.23. The van der Waals surface area contributed by atoms with Crippen molar-refractivity contribution in [2.24, 2.45) is 0 Å². The quantitative estimate of drug-likeness (QED) is 0.714. The molecule has 0 unspecified atom stereocenters. The molecule has 0 aliphatic carbocycles. The first-order valence-electron chi connectivity index (χ1n) is 5.23. The Kier molecular flexibility index (Phi) is 4.48. The lowest BCUT2D eigenvalue weighted by Gasteiger charge is -2.25. The van der Waals surface area contributed by atoms with E-state index in [2.05, 4.69) is 6.07 Å². The Morgan fingerprint density at radius 2 is 1.81 bits per heavy atom. The summed E-state index contributed by atoms with van der Waals surface area (Å²) in [5.41, 5.74) is 1.37. The van der Waals surface area contributed by atoms with Crippen molar-refractivity contribution < 1.29 is 9.47 Å². The predicted molar refractivity (Wildman–Crippen MR) is 62.0 cm³/mol. The molecule has 0 radical (unpaired) electrons. The minimum atomic E-state index is -0.355. The molecule has 0 amide bonds. The van der Waals surface area contributed by atoms with Gasteiger partial charge in [-0.15, -0.1) is 0 Å². The molecule has 0 aromatic heterocycles. The van der Waals surface area contributed by atoms with Crippen molar-refractivity contribution in [3.63, 3.8) is 0 Å². The van der Waals surface area contributed by atoms with Gasteiger partial charge in [0.05, 0.1) is 30.4 Å². The molecular formula is C13H17NO2. The summed E-state index contributed by atoms with van der Waals surface area (Å²) >= 11 is 0. The Morgan fingerprint density at radius 3 is 2.31 bits per heavy atom. The lowest BCUT2D eigenvalue weighted by atomic mass is 9.97. The van der Waals surface area contributed by atoms with Crippen molar-refractivity contribution in [1.29, 1.82) is 5.26 Å². The Hall–Kier alpha value is -1.37. The SMILES string of the molecule is COCCOC(C)(C)c1ccc(C#N)cc1. The van der Waals surface area contributed by atoms with Gasteiger partial charge in [0.25, 0.3) is 0 Å².